The molecule has 1 aromatic carbocycles. The number of fused-ring (bicyclic) bond motifs is 1. The second-order valence-electron chi connectivity index (χ2n) is 4.95. The molecule has 1 atom stereocenters. The molecule has 1 aliphatic heterocycles. The van der Waals surface area contributed by atoms with Crippen LogP contribution in [0.25, 0.3) is 0 Å². The summed E-state index contributed by atoms with van der Waals surface area (Å²) in [5.74, 6) is 0.521. The van der Waals surface area contributed by atoms with Crippen LogP contribution in [0.15, 0.2) is 24.3 Å². The van der Waals surface area contributed by atoms with Gasteiger partial charge < -0.3 is 4.90 Å². The van der Waals surface area contributed by atoms with Gasteiger partial charge in [0.2, 0.25) is 6.41 Å². The van der Waals surface area contributed by atoms with Crippen molar-refractivity contribution >= 4 is 12.1 Å². The maximum Gasteiger partial charge on any atom is 0.214 e. The molecule has 1 aromatic rings. The first-order valence-electron chi connectivity index (χ1n) is 5.40. The van der Waals surface area contributed by atoms with Crippen molar-refractivity contribution in [1.29, 1.82) is 0 Å². The van der Waals surface area contributed by atoms with Crippen molar-refractivity contribution in [2.75, 3.05) is 4.90 Å². The summed E-state index contributed by atoms with van der Waals surface area (Å²) in [6.07, 6.45) is 1.97. The lowest BCUT2D eigenvalue weighted by Gasteiger charge is -2.43. The molecule has 1 aliphatic rings. The zero-order valence-corrected chi connectivity index (χ0v) is 9.53. The molecule has 0 spiro atoms. The summed E-state index contributed by atoms with van der Waals surface area (Å²) in [7, 11) is 0. The van der Waals surface area contributed by atoms with Gasteiger partial charge in [0, 0.05) is 11.2 Å². The zero-order chi connectivity index (χ0) is 11.1. The maximum absolute atomic E-state index is 11.2. The number of carbonyl (C=O) groups is 1. The average Bonchev–Trinajstić information content (AvgIpc) is 2.17. The molecule has 0 saturated carbocycles. The minimum Gasteiger partial charge on any atom is -0.309 e. The Bertz CT molecular complexity index is 384. The zero-order valence-electron chi connectivity index (χ0n) is 9.53. The first-order valence-corrected chi connectivity index (χ1v) is 5.40. The van der Waals surface area contributed by atoms with Gasteiger partial charge in [-0.05, 0) is 37.8 Å². The van der Waals surface area contributed by atoms with E-state index in [9.17, 15) is 4.79 Å². The molecule has 2 rings (SSSR count). The van der Waals surface area contributed by atoms with Crippen molar-refractivity contribution in [3.63, 3.8) is 0 Å². The van der Waals surface area contributed by atoms with E-state index in [0.717, 1.165) is 18.5 Å². The van der Waals surface area contributed by atoms with Crippen LogP contribution in [0, 0.1) is 0 Å². The molecule has 2 nitrogen and oxygen atoms in total. The van der Waals surface area contributed by atoms with Crippen molar-refractivity contribution in [2.45, 2.75) is 38.6 Å². The second-order valence-corrected chi connectivity index (χ2v) is 4.95. The van der Waals surface area contributed by atoms with Crippen LogP contribution in [-0.4, -0.2) is 11.9 Å². The smallest absolute Gasteiger partial charge is 0.214 e. The summed E-state index contributed by atoms with van der Waals surface area (Å²) in [5.41, 5.74) is 2.27. The highest BCUT2D eigenvalue weighted by molar-refractivity contribution is 5.80. The molecule has 0 aromatic heterocycles. The fraction of sp³-hybridized carbons (Fsp3) is 0.462. The molecule has 0 aliphatic carbocycles. The first-order chi connectivity index (χ1) is 7.06. The van der Waals surface area contributed by atoms with Crippen LogP contribution in [0.3, 0.4) is 0 Å². The predicted octanol–water partition coefficient (Wildman–Crippen LogP) is 2.94. The van der Waals surface area contributed by atoms with Gasteiger partial charge in [-0.2, -0.15) is 0 Å². The van der Waals surface area contributed by atoms with Crippen molar-refractivity contribution < 1.29 is 4.79 Å². The summed E-state index contributed by atoms with van der Waals surface area (Å²) in [5, 5.41) is 0. The van der Waals surface area contributed by atoms with Crippen molar-refractivity contribution in [1.82, 2.24) is 0 Å². The Kier molecular flexibility index (Phi) is 2.29. The van der Waals surface area contributed by atoms with Gasteiger partial charge in [0.05, 0.1) is 0 Å². The van der Waals surface area contributed by atoms with Gasteiger partial charge in [0.1, 0.15) is 0 Å². The lowest BCUT2D eigenvalue weighted by molar-refractivity contribution is -0.108. The molecule has 0 fully saturated rings. The largest absolute Gasteiger partial charge is 0.309 e. The Morgan fingerprint density at radius 1 is 1.40 bits per heavy atom. The summed E-state index contributed by atoms with van der Waals surface area (Å²) in [4.78, 5) is 13.0. The monoisotopic (exact) mass is 203 g/mol. The normalized spacial score (nSPS) is 23.4. The number of anilines is 1. The van der Waals surface area contributed by atoms with Crippen LogP contribution in [0.5, 0.6) is 0 Å². The summed E-state index contributed by atoms with van der Waals surface area (Å²) >= 11 is 0. The summed E-state index contributed by atoms with van der Waals surface area (Å²) < 4.78 is 0. The molecule has 0 unspecified atom stereocenters. The number of benzene rings is 1. The first kappa shape index (κ1) is 10.2. The number of carbonyl (C=O) groups excluding carboxylic acids is 1. The van der Waals surface area contributed by atoms with E-state index in [1.54, 1.807) is 0 Å². The molecule has 0 saturated heterocycles. The molecule has 80 valence electrons. The predicted molar refractivity (Wildman–Crippen MR) is 62.1 cm³/mol. The van der Waals surface area contributed by atoms with E-state index >= 15 is 0 Å². The highest BCUT2D eigenvalue weighted by Crippen LogP contribution is 2.41. The van der Waals surface area contributed by atoms with E-state index in [1.165, 1.54) is 5.56 Å². The quantitative estimate of drug-likeness (QED) is 0.643. The Labute approximate surface area is 90.9 Å². The van der Waals surface area contributed by atoms with Crippen molar-refractivity contribution in [3.05, 3.63) is 29.8 Å². The minimum absolute atomic E-state index is 0.0739. The average molecular weight is 203 g/mol. The SMILES string of the molecule is C[C@@H]1CC(C)(C)N(C=O)c2ccccc21. The van der Waals surface area contributed by atoms with E-state index in [-0.39, 0.29) is 5.54 Å². The van der Waals surface area contributed by atoms with Gasteiger partial charge in [0.25, 0.3) is 0 Å². The topological polar surface area (TPSA) is 20.3 Å². The van der Waals surface area contributed by atoms with Gasteiger partial charge >= 0.3 is 0 Å². The van der Waals surface area contributed by atoms with Gasteiger partial charge in [-0.3, -0.25) is 4.79 Å². The Balaban J connectivity index is 2.56. The van der Waals surface area contributed by atoms with Crippen molar-refractivity contribution in [3.8, 4) is 0 Å². The van der Waals surface area contributed by atoms with E-state index < -0.39 is 0 Å². The van der Waals surface area contributed by atoms with Gasteiger partial charge in [0.15, 0.2) is 0 Å². The third-order valence-corrected chi connectivity index (χ3v) is 3.29. The lowest BCUT2D eigenvalue weighted by atomic mass is 9.80. The highest BCUT2D eigenvalue weighted by Gasteiger charge is 2.35. The number of nitrogens with zero attached hydrogens (tertiary/aromatic N) is 1. The van der Waals surface area contributed by atoms with Crippen LogP contribution < -0.4 is 4.90 Å². The highest BCUT2D eigenvalue weighted by atomic mass is 16.1. The molecule has 0 bridgehead atoms. The number of hydrogen-bond donors (Lipinski definition) is 0. The van der Waals surface area contributed by atoms with Gasteiger partial charge in [-0.25, -0.2) is 0 Å². The molecule has 15 heavy (non-hydrogen) atoms. The standard InChI is InChI=1S/C13H17NO/c1-10-8-13(2,3)14(9-15)12-7-5-4-6-11(10)12/h4-7,9-10H,8H2,1-3H3/t10-/m1/s1. The molecule has 1 heterocycles. The molecule has 2 heteroatoms. The number of hydrogen-bond acceptors (Lipinski definition) is 1. The Hall–Kier alpha value is -1.31. The minimum atomic E-state index is -0.0739. The van der Waals surface area contributed by atoms with E-state index in [2.05, 4.69) is 26.8 Å². The Morgan fingerprint density at radius 3 is 2.73 bits per heavy atom. The third kappa shape index (κ3) is 1.54. The van der Waals surface area contributed by atoms with Crippen LogP contribution in [0.4, 0.5) is 5.69 Å². The van der Waals surface area contributed by atoms with E-state index in [4.69, 9.17) is 0 Å². The molecule has 0 N–H and O–H groups in total. The Morgan fingerprint density at radius 2 is 2.07 bits per heavy atom. The summed E-state index contributed by atoms with van der Waals surface area (Å²) in [6, 6.07) is 8.17. The third-order valence-electron chi connectivity index (χ3n) is 3.29. The van der Waals surface area contributed by atoms with Crippen LogP contribution in [0.2, 0.25) is 0 Å². The molecular formula is C13H17NO. The second kappa shape index (κ2) is 3.37. The number of para-hydroxylation sites is 1. The fourth-order valence-corrected chi connectivity index (χ4v) is 2.61. The van der Waals surface area contributed by atoms with Gasteiger partial charge in [-0.1, -0.05) is 25.1 Å². The van der Waals surface area contributed by atoms with Crippen LogP contribution >= 0.6 is 0 Å². The van der Waals surface area contributed by atoms with Crippen LogP contribution in [-0.2, 0) is 4.79 Å². The van der Waals surface area contributed by atoms with Crippen LogP contribution in [0.1, 0.15) is 38.7 Å². The number of rotatable bonds is 1. The van der Waals surface area contributed by atoms with E-state index in [1.807, 2.05) is 23.1 Å². The lowest BCUT2D eigenvalue weighted by Crippen LogP contribution is -2.47. The van der Waals surface area contributed by atoms with Gasteiger partial charge in [-0.15, -0.1) is 0 Å². The van der Waals surface area contributed by atoms with Crippen molar-refractivity contribution in [2.24, 2.45) is 0 Å². The fourth-order valence-electron chi connectivity index (χ4n) is 2.61. The molecule has 1 amide bonds. The van der Waals surface area contributed by atoms with E-state index in [0.29, 0.717) is 5.92 Å². The summed E-state index contributed by atoms with van der Waals surface area (Å²) in [6.45, 7) is 6.46. The molecular weight excluding hydrogens is 186 g/mol. The number of amides is 1. The molecule has 0 radical (unpaired) electrons. The maximum atomic E-state index is 11.2.